The van der Waals surface area contributed by atoms with Gasteiger partial charge in [-0.15, -0.1) is 0 Å². The Morgan fingerprint density at radius 3 is 2.60 bits per heavy atom. The van der Waals surface area contributed by atoms with Gasteiger partial charge in [-0.2, -0.15) is 0 Å². The molecule has 0 spiro atoms. The highest BCUT2D eigenvalue weighted by atomic mass is 16.5. The van der Waals surface area contributed by atoms with Gasteiger partial charge in [0.05, 0.1) is 31.1 Å². The van der Waals surface area contributed by atoms with Crippen LogP contribution in [0, 0.1) is 0 Å². The molecule has 1 aromatic carbocycles. The minimum atomic E-state index is -0.133. The molecule has 132 valence electrons. The smallest absolute Gasteiger partial charge is 0.253 e. The zero-order chi connectivity index (χ0) is 17.5. The monoisotopic (exact) mass is 341 g/mol. The maximum atomic E-state index is 12.3. The second kappa shape index (κ2) is 8.37. The van der Waals surface area contributed by atoms with E-state index in [4.69, 9.17) is 9.47 Å². The van der Waals surface area contributed by atoms with Crippen molar-refractivity contribution in [2.75, 3.05) is 38.3 Å². The van der Waals surface area contributed by atoms with E-state index in [1.165, 1.54) is 12.8 Å². The average Bonchev–Trinajstić information content (AvgIpc) is 3.20. The van der Waals surface area contributed by atoms with E-state index in [1.54, 1.807) is 13.3 Å². The van der Waals surface area contributed by atoms with Crippen LogP contribution in [0.1, 0.15) is 23.2 Å². The van der Waals surface area contributed by atoms with Gasteiger partial charge in [-0.1, -0.05) is 0 Å². The number of rotatable bonds is 7. The van der Waals surface area contributed by atoms with Crippen molar-refractivity contribution >= 4 is 11.6 Å². The number of methoxy groups -OCH3 is 1. The molecule has 0 radical (unpaired) electrons. The fourth-order valence-corrected chi connectivity index (χ4v) is 2.81. The molecule has 0 aliphatic carbocycles. The lowest BCUT2D eigenvalue weighted by atomic mass is 10.2. The van der Waals surface area contributed by atoms with Crippen LogP contribution in [0.4, 0.5) is 5.69 Å². The van der Waals surface area contributed by atoms with Gasteiger partial charge in [0.2, 0.25) is 0 Å². The summed E-state index contributed by atoms with van der Waals surface area (Å²) in [5.41, 5.74) is 1.59. The van der Waals surface area contributed by atoms with Gasteiger partial charge in [0, 0.05) is 19.3 Å². The maximum absolute atomic E-state index is 12.3. The van der Waals surface area contributed by atoms with Crippen LogP contribution in [0.25, 0.3) is 0 Å². The summed E-state index contributed by atoms with van der Waals surface area (Å²) in [6.45, 7) is 2.89. The Hall–Kier alpha value is -2.76. The van der Waals surface area contributed by atoms with Gasteiger partial charge in [0.25, 0.3) is 5.91 Å². The first-order chi connectivity index (χ1) is 12.3. The fourth-order valence-electron chi connectivity index (χ4n) is 2.81. The van der Waals surface area contributed by atoms with Crippen LogP contribution in [0.5, 0.6) is 11.5 Å². The molecule has 1 aliphatic heterocycles. The molecular formula is C19H23N3O3. The molecule has 1 N–H and O–H groups in total. The third kappa shape index (κ3) is 4.62. The van der Waals surface area contributed by atoms with Crippen LogP contribution in [0.15, 0.2) is 42.7 Å². The molecule has 3 rings (SSSR count). The molecule has 1 aliphatic rings. The van der Waals surface area contributed by atoms with Crippen molar-refractivity contribution in [3.05, 3.63) is 48.3 Å². The second-order valence-corrected chi connectivity index (χ2v) is 5.91. The molecule has 1 amide bonds. The van der Waals surface area contributed by atoms with E-state index in [-0.39, 0.29) is 5.91 Å². The van der Waals surface area contributed by atoms with Crippen LogP contribution >= 0.6 is 0 Å². The summed E-state index contributed by atoms with van der Waals surface area (Å²) in [6, 6.07) is 9.25. The lowest BCUT2D eigenvalue weighted by molar-refractivity contribution is 0.0946. The molecule has 1 saturated heterocycles. The largest absolute Gasteiger partial charge is 0.497 e. The third-order valence-corrected chi connectivity index (χ3v) is 4.17. The Balaban J connectivity index is 1.46. The first-order valence-corrected chi connectivity index (χ1v) is 8.51. The number of hydrogen-bond donors (Lipinski definition) is 1. The summed E-state index contributed by atoms with van der Waals surface area (Å²) in [7, 11) is 1.62. The summed E-state index contributed by atoms with van der Waals surface area (Å²) >= 11 is 0. The molecule has 0 bridgehead atoms. The summed E-state index contributed by atoms with van der Waals surface area (Å²) < 4.78 is 10.7. The predicted molar refractivity (Wildman–Crippen MR) is 96.5 cm³/mol. The maximum Gasteiger partial charge on any atom is 0.253 e. The van der Waals surface area contributed by atoms with Gasteiger partial charge in [-0.05, 0) is 43.2 Å². The summed E-state index contributed by atoms with van der Waals surface area (Å²) in [5.74, 6) is 1.39. The van der Waals surface area contributed by atoms with Crippen molar-refractivity contribution in [3.8, 4) is 11.5 Å². The molecular weight excluding hydrogens is 318 g/mol. The van der Waals surface area contributed by atoms with E-state index in [9.17, 15) is 4.79 Å². The average molecular weight is 341 g/mol. The lowest BCUT2D eigenvalue weighted by Crippen LogP contribution is -2.28. The van der Waals surface area contributed by atoms with Gasteiger partial charge in [-0.25, -0.2) is 0 Å². The highest BCUT2D eigenvalue weighted by Gasteiger charge is 2.14. The standard InChI is InChI=1S/C19H23N3O3/c1-24-17-4-6-18(7-5-17)25-11-8-21-19(23)15-12-16(14-20-13-15)22-9-2-3-10-22/h4-7,12-14H,2-3,8-11H2,1H3,(H,21,23). The lowest BCUT2D eigenvalue weighted by Gasteiger charge is -2.17. The number of ether oxygens (including phenoxy) is 2. The van der Waals surface area contributed by atoms with E-state index in [0.29, 0.717) is 18.7 Å². The Morgan fingerprint density at radius 1 is 1.16 bits per heavy atom. The van der Waals surface area contributed by atoms with E-state index >= 15 is 0 Å². The van der Waals surface area contributed by atoms with Crippen molar-refractivity contribution in [2.45, 2.75) is 12.8 Å². The molecule has 0 unspecified atom stereocenters. The van der Waals surface area contributed by atoms with Gasteiger partial charge < -0.3 is 19.7 Å². The predicted octanol–water partition coefficient (Wildman–Crippen LogP) is 2.50. The number of pyridine rings is 1. The third-order valence-electron chi connectivity index (χ3n) is 4.17. The highest BCUT2D eigenvalue weighted by molar-refractivity contribution is 5.94. The number of carbonyl (C=O) groups excluding carboxylic acids is 1. The highest BCUT2D eigenvalue weighted by Crippen LogP contribution is 2.20. The van der Waals surface area contributed by atoms with Gasteiger partial charge in [0.1, 0.15) is 18.1 Å². The van der Waals surface area contributed by atoms with Crippen LogP contribution in [0.3, 0.4) is 0 Å². The number of amides is 1. The molecule has 1 aromatic heterocycles. The first-order valence-electron chi connectivity index (χ1n) is 8.51. The quantitative estimate of drug-likeness (QED) is 0.784. The number of hydrogen-bond acceptors (Lipinski definition) is 5. The molecule has 2 aromatic rings. The minimum Gasteiger partial charge on any atom is -0.497 e. The number of nitrogens with zero attached hydrogens (tertiary/aromatic N) is 2. The van der Waals surface area contributed by atoms with E-state index in [1.807, 2.05) is 36.5 Å². The Labute approximate surface area is 147 Å². The van der Waals surface area contributed by atoms with E-state index in [2.05, 4.69) is 15.2 Å². The van der Waals surface area contributed by atoms with Gasteiger partial charge in [0.15, 0.2) is 0 Å². The van der Waals surface area contributed by atoms with E-state index in [0.717, 1.165) is 30.3 Å². The number of carbonyl (C=O) groups is 1. The topological polar surface area (TPSA) is 63.7 Å². The Morgan fingerprint density at radius 2 is 1.88 bits per heavy atom. The molecule has 2 heterocycles. The molecule has 25 heavy (non-hydrogen) atoms. The summed E-state index contributed by atoms with van der Waals surface area (Å²) in [4.78, 5) is 18.7. The summed E-state index contributed by atoms with van der Waals surface area (Å²) in [6.07, 6.45) is 5.80. The first kappa shape index (κ1) is 17.1. The number of nitrogens with one attached hydrogen (secondary N) is 1. The molecule has 6 heteroatoms. The van der Waals surface area contributed by atoms with Crippen molar-refractivity contribution in [2.24, 2.45) is 0 Å². The number of anilines is 1. The van der Waals surface area contributed by atoms with Crippen molar-refractivity contribution in [1.29, 1.82) is 0 Å². The van der Waals surface area contributed by atoms with Crippen LogP contribution < -0.4 is 19.7 Å². The number of benzene rings is 1. The summed E-state index contributed by atoms with van der Waals surface area (Å²) in [5, 5.41) is 2.86. The molecule has 0 saturated carbocycles. The van der Waals surface area contributed by atoms with Crippen LogP contribution in [-0.2, 0) is 0 Å². The van der Waals surface area contributed by atoms with Crippen molar-refractivity contribution < 1.29 is 14.3 Å². The van der Waals surface area contributed by atoms with Crippen LogP contribution in [-0.4, -0.2) is 44.2 Å². The fraction of sp³-hybridized carbons (Fsp3) is 0.368. The Bertz CT molecular complexity index is 697. The molecule has 1 fully saturated rings. The minimum absolute atomic E-state index is 0.133. The molecule has 0 atom stereocenters. The van der Waals surface area contributed by atoms with E-state index < -0.39 is 0 Å². The second-order valence-electron chi connectivity index (χ2n) is 5.91. The normalized spacial score (nSPS) is 13.6. The Kier molecular flexibility index (Phi) is 5.72. The van der Waals surface area contributed by atoms with Gasteiger partial charge >= 0.3 is 0 Å². The van der Waals surface area contributed by atoms with Gasteiger partial charge in [-0.3, -0.25) is 9.78 Å². The zero-order valence-electron chi connectivity index (χ0n) is 14.4. The SMILES string of the molecule is COc1ccc(OCCNC(=O)c2cncc(N3CCCC3)c2)cc1. The molecule has 6 nitrogen and oxygen atoms in total. The number of aromatic nitrogens is 1. The zero-order valence-corrected chi connectivity index (χ0v) is 14.4. The van der Waals surface area contributed by atoms with Crippen LogP contribution in [0.2, 0.25) is 0 Å². The van der Waals surface area contributed by atoms with Crippen molar-refractivity contribution in [1.82, 2.24) is 10.3 Å². The van der Waals surface area contributed by atoms with Crippen molar-refractivity contribution in [3.63, 3.8) is 0 Å².